The topological polar surface area (TPSA) is 44.8 Å². The third-order valence-corrected chi connectivity index (χ3v) is 3.77. The molecule has 0 aromatic carbocycles. The van der Waals surface area contributed by atoms with Gasteiger partial charge in [-0.05, 0) is 37.0 Å². The van der Waals surface area contributed by atoms with E-state index in [1.165, 1.54) is 12.8 Å². The fourth-order valence-electron chi connectivity index (χ4n) is 2.69. The van der Waals surface area contributed by atoms with Gasteiger partial charge in [-0.1, -0.05) is 47.5 Å². The Bertz CT molecular complexity index is 297. The van der Waals surface area contributed by atoms with E-state index in [0.717, 1.165) is 25.9 Å². The molecular formula is C20H40O4. The van der Waals surface area contributed by atoms with Gasteiger partial charge in [0, 0.05) is 19.6 Å². The van der Waals surface area contributed by atoms with Gasteiger partial charge in [-0.25, -0.2) is 0 Å². The highest BCUT2D eigenvalue weighted by Crippen LogP contribution is 2.25. The summed E-state index contributed by atoms with van der Waals surface area (Å²) in [6.07, 6.45) is 6.80. The van der Waals surface area contributed by atoms with E-state index in [9.17, 15) is 4.79 Å². The molecule has 144 valence electrons. The van der Waals surface area contributed by atoms with E-state index in [4.69, 9.17) is 14.2 Å². The van der Waals surface area contributed by atoms with Crippen LogP contribution in [0, 0.1) is 11.3 Å². The van der Waals surface area contributed by atoms with Crippen LogP contribution in [0.5, 0.6) is 0 Å². The van der Waals surface area contributed by atoms with Crippen molar-refractivity contribution in [3.8, 4) is 0 Å². The first-order chi connectivity index (χ1) is 11.3. The average Bonchev–Trinajstić information content (AvgIpc) is 2.47. The number of hydrogen-bond acceptors (Lipinski definition) is 4. The lowest BCUT2D eigenvalue weighted by atomic mass is 9.84. The normalized spacial score (nSPS) is 13.0. The summed E-state index contributed by atoms with van der Waals surface area (Å²) in [4.78, 5) is 11.6. The van der Waals surface area contributed by atoms with Crippen molar-refractivity contribution < 1.29 is 19.0 Å². The lowest BCUT2D eigenvalue weighted by Crippen LogP contribution is -2.14. The molecule has 0 spiro atoms. The second-order valence-corrected chi connectivity index (χ2v) is 7.91. The Hall–Kier alpha value is -0.610. The van der Waals surface area contributed by atoms with E-state index >= 15 is 0 Å². The smallest absolute Gasteiger partial charge is 0.305 e. The van der Waals surface area contributed by atoms with Gasteiger partial charge in [-0.15, -0.1) is 0 Å². The summed E-state index contributed by atoms with van der Waals surface area (Å²) in [7, 11) is 0. The van der Waals surface area contributed by atoms with Gasteiger partial charge < -0.3 is 14.2 Å². The molecule has 1 atom stereocenters. The molecule has 4 nitrogen and oxygen atoms in total. The van der Waals surface area contributed by atoms with Crippen molar-refractivity contribution in [1.82, 2.24) is 0 Å². The first-order valence-electron chi connectivity index (χ1n) is 9.66. The molecule has 0 radical (unpaired) electrons. The van der Waals surface area contributed by atoms with Gasteiger partial charge in [-0.3, -0.25) is 4.79 Å². The monoisotopic (exact) mass is 344 g/mol. The molecule has 4 heteroatoms. The summed E-state index contributed by atoms with van der Waals surface area (Å²) < 4.78 is 16.2. The number of hydrogen-bond donors (Lipinski definition) is 0. The molecule has 1 unspecified atom stereocenters. The summed E-state index contributed by atoms with van der Waals surface area (Å²) >= 11 is 0. The van der Waals surface area contributed by atoms with Crippen LogP contribution in [0.15, 0.2) is 0 Å². The zero-order valence-electron chi connectivity index (χ0n) is 16.7. The average molecular weight is 345 g/mol. The van der Waals surface area contributed by atoms with Crippen LogP contribution in [-0.4, -0.2) is 39.0 Å². The molecule has 0 amide bonds. The predicted octanol–water partition coefficient (Wildman–Crippen LogP) is 5.00. The van der Waals surface area contributed by atoms with Gasteiger partial charge in [0.1, 0.15) is 0 Å². The summed E-state index contributed by atoms with van der Waals surface area (Å²) in [5.74, 6) is 0.468. The maximum absolute atomic E-state index is 11.6. The van der Waals surface area contributed by atoms with Gasteiger partial charge in [0.2, 0.25) is 0 Å². The maximum atomic E-state index is 11.6. The molecule has 24 heavy (non-hydrogen) atoms. The van der Waals surface area contributed by atoms with E-state index in [0.29, 0.717) is 50.6 Å². The highest BCUT2D eigenvalue weighted by molar-refractivity contribution is 5.69. The van der Waals surface area contributed by atoms with E-state index in [1.54, 1.807) is 0 Å². The molecule has 0 aliphatic heterocycles. The van der Waals surface area contributed by atoms with E-state index < -0.39 is 0 Å². The maximum Gasteiger partial charge on any atom is 0.305 e. The number of carbonyl (C=O) groups excluding carboxylic acids is 1. The number of unbranched alkanes of at least 4 members (excludes halogenated alkanes) is 2. The molecule has 0 aromatic rings. The molecule has 0 rings (SSSR count). The highest BCUT2D eigenvalue weighted by atomic mass is 16.5. The summed E-state index contributed by atoms with van der Waals surface area (Å²) in [6.45, 7) is 14.3. The highest BCUT2D eigenvalue weighted by Gasteiger charge is 2.15. The van der Waals surface area contributed by atoms with E-state index in [-0.39, 0.29) is 5.97 Å². The molecule has 0 saturated heterocycles. The fraction of sp³-hybridized carbons (Fsp3) is 0.950. The minimum Gasteiger partial charge on any atom is -0.466 e. The lowest BCUT2D eigenvalue weighted by molar-refractivity contribution is -0.144. The van der Waals surface area contributed by atoms with Gasteiger partial charge in [0.05, 0.1) is 19.8 Å². The second kappa shape index (κ2) is 14.7. The minimum absolute atomic E-state index is 0.114. The molecule has 0 heterocycles. The van der Waals surface area contributed by atoms with Crippen LogP contribution in [0.3, 0.4) is 0 Å². The van der Waals surface area contributed by atoms with Crippen LogP contribution in [0.4, 0.5) is 0 Å². The van der Waals surface area contributed by atoms with E-state index in [1.807, 2.05) is 0 Å². The summed E-state index contributed by atoms with van der Waals surface area (Å²) in [5, 5.41) is 0. The van der Waals surface area contributed by atoms with Gasteiger partial charge >= 0.3 is 5.97 Å². The first-order valence-corrected chi connectivity index (χ1v) is 9.66. The third-order valence-electron chi connectivity index (χ3n) is 3.77. The van der Waals surface area contributed by atoms with Crippen molar-refractivity contribution in [1.29, 1.82) is 0 Å². The molecule has 0 saturated carbocycles. The van der Waals surface area contributed by atoms with Crippen molar-refractivity contribution in [3.05, 3.63) is 0 Å². The number of carbonyl (C=O) groups is 1. The molecule has 0 N–H and O–H groups in total. The quantitative estimate of drug-likeness (QED) is 0.310. The number of esters is 1. The van der Waals surface area contributed by atoms with Gasteiger partial charge in [0.15, 0.2) is 0 Å². The molecule has 0 aliphatic carbocycles. The number of ether oxygens (including phenoxy) is 3. The molecule has 0 aromatic heterocycles. The SMILES string of the molecule is CCCCCOCCOCCCC(=O)OCCC(C)CC(C)(C)C. The van der Waals surface area contributed by atoms with Crippen molar-refractivity contribution in [2.24, 2.45) is 11.3 Å². The molecular weight excluding hydrogens is 304 g/mol. The van der Waals surface area contributed by atoms with Crippen molar-refractivity contribution >= 4 is 5.97 Å². The Balaban J connectivity index is 3.35. The summed E-state index contributed by atoms with van der Waals surface area (Å²) in [6, 6.07) is 0. The zero-order valence-corrected chi connectivity index (χ0v) is 16.7. The van der Waals surface area contributed by atoms with Gasteiger partial charge in [-0.2, -0.15) is 0 Å². The Morgan fingerprint density at radius 3 is 2.12 bits per heavy atom. The minimum atomic E-state index is -0.114. The van der Waals surface area contributed by atoms with Crippen molar-refractivity contribution in [3.63, 3.8) is 0 Å². The molecule has 0 bridgehead atoms. The number of rotatable bonds is 15. The van der Waals surface area contributed by atoms with Crippen LogP contribution in [0.25, 0.3) is 0 Å². The zero-order chi connectivity index (χ0) is 18.3. The summed E-state index contributed by atoms with van der Waals surface area (Å²) in [5.41, 5.74) is 0.334. The standard InChI is InChI=1S/C20H40O4/c1-6-7-8-12-22-15-16-23-13-9-10-19(21)24-14-11-18(2)17-20(3,4)5/h18H,6-17H2,1-5H3. The predicted molar refractivity (Wildman–Crippen MR) is 99.2 cm³/mol. The largest absolute Gasteiger partial charge is 0.466 e. The Labute approximate surface area is 149 Å². The Morgan fingerprint density at radius 1 is 0.917 bits per heavy atom. The van der Waals surface area contributed by atoms with Crippen molar-refractivity contribution in [2.75, 3.05) is 33.0 Å². The first kappa shape index (κ1) is 23.4. The second-order valence-electron chi connectivity index (χ2n) is 7.91. The van der Waals surface area contributed by atoms with Gasteiger partial charge in [0.25, 0.3) is 0 Å². The molecule has 0 fully saturated rings. The van der Waals surface area contributed by atoms with Crippen LogP contribution >= 0.6 is 0 Å². The third kappa shape index (κ3) is 17.7. The fourth-order valence-corrected chi connectivity index (χ4v) is 2.69. The van der Waals surface area contributed by atoms with E-state index in [2.05, 4.69) is 34.6 Å². The Kier molecular flexibility index (Phi) is 14.3. The van der Waals surface area contributed by atoms with Crippen LogP contribution < -0.4 is 0 Å². The van der Waals surface area contributed by atoms with Crippen LogP contribution in [0.1, 0.15) is 79.6 Å². The van der Waals surface area contributed by atoms with Crippen LogP contribution in [0.2, 0.25) is 0 Å². The molecule has 0 aliphatic rings. The Morgan fingerprint density at radius 2 is 1.54 bits per heavy atom. The van der Waals surface area contributed by atoms with Crippen molar-refractivity contribution in [2.45, 2.75) is 79.6 Å². The van der Waals surface area contributed by atoms with Crippen LogP contribution in [-0.2, 0) is 19.0 Å². The lowest BCUT2D eigenvalue weighted by Gasteiger charge is -2.22.